The summed E-state index contributed by atoms with van der Waals surface area (Å²) in [6, 6.07) is 0. The number of nitrogens with one attached hydrogen (secondary N) is 1. The van der Waals surface area contributed by atoms with Gasteiger partial charge in [0.1, 0.15) is 5.82 Å². The van der Waals surface area contributed by atoms with Gasteiger partial charge in [0, 0.05) is 6.92 Å². The second-order valence-corrected chi connectivity index (χ2v) is 2.37. The van der Waals surface area contributed by atoms with Crippen molar-refractivity contribution in [1.82, 2.24) is 25.4 Å². The van der Waals surface area contributed by atoms with Crippen LogP contribution in [0.3, 0.4) is 0 Å². The average Bonchev–Trinajstić information content (AvgIpc) is 2.58. The van der Waals surface area contributed by atoms with Gasteiger partial charge in [0.05, 0.1) is 0 Å². The van der Waals surface area contributed by atoms with Gasteiger partial charge in [-0.15, -0.1) is 15.3 Å². The highest BCUT2D eigenvalue weighted by atomic mass is 16.4. The first-order valence-electron chi connectivity index (χ1n) is 3.45. The van der Waals surface area contributed by atoms with Crippen LogP contribution < -0.4 is 0 Å². The Kier molecular flexibility index (Phi) is 1.39. The van der Waals surface area contributed by atoms with Gasteiger partial charge in [0.25, 0.3) is 5.89 Å². The lowest BCUT2D eigenvalue weighted by Crippen LogP contribution is -1.80. The van der Waals surface area contributed by atoms with E-state index < -0.39 is 0 Å². The Hall–Kier alpha value is -1.72. The summed E-state index contributed by atoms with van der Waals surface area (Å²) >= 11 is 0. The summed E-state index contributed by atoms with van der Waals surface area (Å²) in [6.07, 6.45) is 0. The Balaban J connectivity index is 2.43. The van der Waals surface area contributed by atoms with Crippen LogP contribution in [0.15, 0.2) is 4.42 Å². The molecule has 0 fully saturated rings. The first kappa shape index (κ1) is 6.96. The molecule has 0 bridgehead atoms. The van der Waals surface area contributed by atoms with Gasteiger partial charge in [-0.05, 0) is 6.92 Å². The second kappa shape index (κ2) is 2.40. The Morgan fingerprint density at radius 3 is 2.58 bits per heavy atom. The lowest BCUT2D eigenvalue weighted by molar-refractivity contribution is 0.529. The summed E-state index contributed by atoms with van der Waals surface area (Å²) in [7, 11) is 0. The van der Waals surface area contributed by atoms with Crippen LogP contribution in [0.5, 0.6) is 0 Å². The fourth-order valence-corrected chi connectivity index (χ4v) is 0.825. The monoisotopic (exact) mass is 165 g/mol. The van der Waals surface area contributed by atoms with E-state index in [0.29, 0.717) is 17.6 Å². The minimum absolute atomic E-state index is 0.344. The molecule has 0 atom stereocenters. The summed E-state index contributed by atoms with van der Waals surface area (Å²) in [5.74, 6) is 2.01. The van der Waals surface area contributed by atoms with E-state index in [4.69, 9.17) is 4.42 Å². The van der Waals surface area contributed by atoms with Crippen molar-refractivity contribution >= 4 is 0 Å². The van der Waals surface area contributed by atoms with Crippen molar-refractivity contribution < 1.29 is 4.42 Å². The lowest BCUT2D eigenvalue weighted by atomic mass is 10.6. The first-order valence-corrected chi connectivity index (χ1v) is 3.45. The molecule has 2 aromatic heterocycles. The predicted octanol–water partition coefficient (Wildman–Crippen LogP) is 0.472. The van der Waals surface area contributed by atoms with Crippen LogP contribution in [-0.2, 0) is 0 Å². The third-order valence-corrected chi connectivity index (χ3v) is 1.31. The van der Waals surface area contributed by atoms with Crippen LogP contribution in [0, 0.1) is 13.8 Å². The minimum Gasteiger partial charge on any atom is -0.418 e. The number of aryl methyl sites for hydroxylation is 2. The largest absolute Gasteiger partial charge is 0.418 e. The molecule has 62 valence electrons. The molecule has 0 spiro atoms. The maximum Gasteiger partial charge on any atom is 0.287 e. The van der Waals surface area contributed by atoms with Gasteiger partial charge < -0.3 is 4.42 Å². The Morgan fingerprint density at radius 2 is 2.08 bits per heavy atom. The highest BCUT2D eigenvalue weighted by Gasteiger charge is 2.09. The highest BCUT2D eigenvalue weighted by Crippen LogP contribution is 2.11. The van der Waals surface area contributed by atoms with Crippen molar-refractivity contribution in [3.63, 3.8) is 0 Å². The molecule has 1 N–H and O–H groups in total. The standard InChI is InChI=1S/C6H7N5O/c1-3-7-5(10-8-3)6-11-9-4(2)12-6/h1-2H3,(H,7,8,10). The van der Waals surface area contributed by atoms with E-state index in [1.807, 2.05) is 0 Å². The fraction of sp³-hybridized carbons (Fsp3) is 0.333. The third-order valence-electron chi connectivity index (χ3n) is 1.31. The van der Waals surface area contributed by atoms with E-state index in [0.717, 1.165) is 5.82 Å². The summed E-state index contributed by atoms with van der Waals surface area (Å²) in [4.78, 5) is 4.03. The Morgan fingerprint density at radius 1 is 1.25 bits per heavy atom. The number of hydrogen-bond acceptors (Lipinski definition) is 5. The fourth-order valence-electron chi connectivity index (χ4n) is 0.825. The van der Waals surface area contributed by atoms with E-state index in [-0.39, 0.29) is 0 Å². The number of aromatic amines is 1. The number of hydrogen-bond donors (Lipinski definition) is 1. The number of nitrogens with zero attached hydrogens (tertiary/aromatic N) is 4. The number of rotatable bonds is 1. The average molecular weight is 165 g/mol. The molecule has 0 saturated heterocycles. The van der Waals surface area contributed by atoms with E-state index in [1.54, 1.807) is 13.8 Å². The SMILES string of the molecule is Cc1nc(-c2nnc(C)o2)n[nH]1. The number of aromatic nitrogens is 5. The molecule has 0 aliphatic carbocycles. The van der Waals surface area contributed by atoms with Crippen LogP contribution in [0.2, 0.25) is 0 Å². The number of H-pyrrole nitrogens is 1. The normalized spacial score (nSPS) is 10.5. The topological polar surface area (TPSA) is 80.5 Å². The van der Waals surface area contributed by atoms with Gasteiger partial charge in [0.15, 0.2) is 0 Å². The van der Waals surface area contributed by atoms with Crippen molar-refractivity contribution in [2.75, 3.05) is 0 Å². The molecule has 12 heavy (non-hydrogen) atoms. The third kappa shape index (κ3) is 1.07. The van der Waals surface area contributed by atoms with Crippen molar-refractivity contribution in [3.8, 4) is 11.7 Å². The quantitative estimate of drug-likeness (QED) is 0.664. The molecule has 0 saturated carbocycles. The molecule has 6 nitrogen and oxygen atoms in total. The molecule has 6 heteroatoms. The molecule has 2 aromatic rings. The Bertz CT molecular complexity index is 352. The van der Waals surface area contributed by atoms with E-state index >= 15 is 0 Å². The zero-order valence-corrected chi connectivity index (χ0v) is 6.70. The molecule has 0 amide bonds. The van der Waals surface area contributed by atoms with Gasteiger partial charge in [-0.2, -0.15) is 0 Å². The molecule has 2 heterocycles. The maximum absolute atomic E-state index is 5.12. The molecule has 0 radical (unpaired) electrons. The van der Waals surface area contributed by atoms with Crippen LogP contribution in [0.25, 0.3) is 11.7 Å². The maximum atomic E-state index is 5.12. The van der Waals surface area contributed by atoms with Crippen LogP contribution in [0.4, 0.5) is 0 Å². The van der Waals surface area contributed by atoms with Gasteiger partial charge in [-0.3, -0.25) is 5.10 Å². The highest BCUT2D eigenvalue weighted by molar-refractivity contribution is 5.37. The van der Waals surface area contributed by atoms with Crippen molar-refractivity contribution in [2.45, 2.75) is 13.8 Å². The van der Waals surface area contributed by atoms with Gasteiger partial charge in [-0.1, -0.05) is 0 Å². The predicted molar refractivity (Wildman–Crippen MR) is 39.1 cm³/mol. The van der Waals surface area contributed by atoms with Crippen LogP contribution in [0.1, 0.15) is 11.7 Å². The molecule has 0 aromatic carbocycles. The minimum atomic E-state index is 0.344. The van der Waals surface area contributed by atoms with Gasteiger partial charge >= 0.3 is 0 Å². The van der Waals surface area contributed by atoms with Crippen molar-refractivity contribution in [3.05, 3.63) is 11.7 Å². The van der Waals surface area contributed by atoms with E-state index in [2.05, 4.69) is 25.4 Å². The van der Waals surface area contributed by atoms with Crippen LogP contribution in [-0.4, -0.2) is 25.4 Å². The van der Waals surface area contributed by atoms with Gasteiger partial charge in [-0.25, -0.2) is 4.98 Å². The molecule has 0 aliphatic heterocycles. The van der Waals surface area contributed by atoms with E-state index in [1.165, 1.54) is 0 Å². The summed E-state index contributed by atoms with van der Waals surface area (Å²) in [5.41, 5.74) is 0. The molecule has 0 unspecified atom stereocenters. The zero-order chi connectivity index (χ0) is 8.55. The van der Waals surface area contributed by atoms with Crippen LogP contribution >= 0.6 is 0 Å². The lowest BCUT2D eigenvalue weighted by Gasteiger charge is -1.80. The van der Waals surface area contributed by atoms with E-state index in [9.17, 15) is 0 Å². The zero-order valence-electron chi connectivity index (χ0n) is 6.70. The summed E-state index contributed by atoms with van der Waals surface area (Å²) in [5, 5.41) is 14.0. The van der Waals surface area contributed by atoms with Gasteiger partial charge in [0.2, 0.25) is 11.7 Å². The first-order chi connectivity index (χ1) is 5.75. The van der Waals surface area contributed by atoms with Crippen molar-refractivity contribution in [2.24, 2.45) is 0 Å². The molecule has 0 aliphatic rings. The van der Waals surface area contributed by atoms with Crippen molar-refractivity contribution in [1.29, 1.82) is 0 Å². The molecular weight excluding hydrogens is 158 g/mol. The smallest absolute Gasteiger partial charge is 0.287 e. The second-order valence-electron chi connectivity index (χ2n) is 2.37. The summed E-state index contributed by atoms with van der Waals surface area (Å²) in [6.45, 7) is 3.52. The molecular formula is C6H7N5O. The molecule has 2 rings (SSSR count). The Labute approximate surface area is 68.0 Å². The summed E-state index contributed by atoms with van der Waals surface area (Å²) < 4.78 is 5.12.